The van der Waals surface area contributed by atoms with Crippen molar-refractivity contribution < 1.29 is 19.6 Å². The Morgan fingerprint density at radius 3 is 2.39 bits per heavy atom. The number of aliphatic hydroxyl groups excluding tert-OH is 1. The van der Waals surface area contributed by atoms with Crippen LogP contribution in [0.15, 0.2) is 66.2 Å². The highest BCUT2D eigenvalue weighted by Crippen LogP contribution is 2.45. The predicted molar refractivity (Wildman–Crippen MR) is 138 cm³/mol. The SMILES string of the molecule is Cc1cc(C)c2nc(N3C(=O)C(=O)C(=C(O)c4ccc(Cl)cc4)C3c3ccc([N+](=O)[O-])cc3)sc2c1. The van der Waals surface area contributed by atoms with Gasteiger partial charge in [-0.15, -0.1) is 0 Å². The smallest absolute Gasteiger partial charge is 0.301 e. The lowest BCUT2D eigenvalue weighted by Gasteiger charge is -2.22. The summed E-state index contributed by atoms with van der Waals surface area (Å²) in [6, 6.07) is 14.6. The Labute approximate surface area is 214 Å². The number of carbonyl (C=O) groups excluding carboxylic acids is 2. The molecule has 5 rings (SSSR count). The first-order valence-corrected chi connectivity index (χ1v) is 12.0. The monoisotopic (exact) mass is 519 g/mol. The summed E-state index contributed by atoms with van der Waals surface area (Å²) in [5.74, 6) is -2.09. The summed E-state index contributed by atoms with van der Waals surface area (Å²) >= 11 is 7.23. The van der Waals surface area contributed by atoms with Crippen molar-refractivity contribution in [2.24, 2.45) is 0 Å². The van der Waals surface area contributed by atoms with Crippen molar-refractivity contribution in [2.45, 2.75) is 19.9 Å². The van der Waals surface area contributed by atoms with Crippen LogP contribution < -0.4 is 4.90 Å². The van der Waals surface area contributed by atoms with Gasteiger partial charge in [-0.05, 0) is 73.0 Å². The average molecular weight is 520 g/mol. The van der Waals surface area contributed by atoms with Gasteiger partial charge in [-0.1, -0.05) is 29.0 Å². The Kier molecular flexibility index (Phi) is 5.82. The van der Waals surface area contributed by atoms with Crippen LogP contribution in [0.3, 0.4) is 0 Å². The number of benzene rings is 3. The number of ketones is 1. The zero-order valence-electron chi connectivity index (χ0n) is 19.1. The number of nitro benzene ring substituents is 1. The molecule has 1 fully saturated rings. The van der Waals surface area contributed by atoms with Crippen molar-refractivity contribution in [1.29, 1.82) is 0 Å². The van der Waals surface area contributed by atoms with E-state index in [1.165, 1.54) is 40.5 Å². The van der Waals surface area contributed by atoms with E-state index in [-0.39, 0.29) is 17.0 Å². The number of amides is 1. The van der Waals surface area contributed by atoms with Crippen LogP contribution in [0.2, 0.25) is 5.02 Å². The fraction of sp³-hybridized carbons (Fsp3) is 0.115. The molecule has 1 saturated heterocycles. The number of thiazole rings is 1. The molecule has 0 spiro atoms. The second-order valence-corrected chi connectivity index (χ2v) is 9.90. The van der Waals surface area contributed by atoms with Crippen molar-refractivity contribution >= 4 is 61.4 Å². The van der Waals surface area contributed by atoms with Crippen molar-refractivity contribution in [3.05, 3.63) is 104 Å². The van der Waals surface area contributed by atoms with E-state index in [1.54, 1.807) is 24.3 Å². The first-order valence-electron chi connectivity index (χ1n) is 10.8. The van der Waals surface area contributed by atoms with Crippen molar-refractivity contribution in [3.8, 4) is 0 Å². The standard InChI is InChI=1S/C26H18ClN3O5S/c1-13-11-14(2)21-19(12-13)36-26(28-21)29-22(15-5-9-18(10-6-15)30(34)35)20(24(32)25(29)33)23(31)16-3-7-17(27)8-4-16/h3-12,22,31H,1-2H3. The number of fused-ring (bicyclic) bond motifs is 1. The number of nitro groups is 1. The summed E-state index contributed by atoms with van der Waals surface area (Å²) in [6.07, 6.45) is 0. The molecule has 36 heavy (non-hydrogen) atoms. The summed E-state index contributed by atoms with van der Waals surface area (Å²) < 4.78 is 0.851. The molecule has 1 aliphatic rings. The van der Waals surface area contributed by atoms with E-state index in [9.17, 15) is 24.8 Å². The van der Waals surface area contributed by atoms with Gasteiger partial charge in [0.2, 0.25) is 0 Å². The Morgan fingerprint density at radius 1 is 1.08 bits per heavy atom. The minimum Gasteiger partial charge on any atom is -0.507 e. The summed E-state index contributed by atoms with van der Waals surface area (Å²) in [6.45, 7) is 3.88. The minimum atomic E-state index is -1.04. The van der Waals surface area contributed by atoms with E-state index < -0.39 is 22.7 Å². The lowest BCUT2D eigenvalue weighted by atomic mass is 9.95. The third-order valence-corrected chi connectivity index (χ3v) is 7.26. The number of carbonyl (C=O) groups is 2. The Hall–Kier alpha value is -4.08. The van der Waals surface area contributed by atoms with Gasteiger partial charge in [-0.25, -0.2) is 4.98 Å². The molecule has 0 aliphatic carbocycles. The van der Waals surface area contributed by atoms with E-state index in [4.69, 9.17) is 11.6 Å². The quantitative estimate of drug-likeness (QED) is 0.114. The second kappa shape index (κ2) is 8.85. The highest BCUT2D eigenvalue weighted by molar-refractivity contribution is 7.22. The maximum absolute atomic E-state index is 13.4. The Balaban J connectivity index is 1.73. The van der Waals surface area contributed by atoms with Crippen LogP contribution in [-0.2, 0) is 9.59 Å². The zero-order valence-corrected chi connectivity index (χ0v) is 20.6. The number of aromatic nitrogens is 1. The fourth-order valence-electron chi connectivity index (χ4n) is 4.35. The first kappa shape index (κ1) is 23.7. The lowest BCUT2D eigenvalue weighted by Crippen LogP contribution is -2.29. The number of anilines is 1. The number of rotatable bonds is 4. The molecule has 2 heterocycles. The summed E-state index contributed by atoms with van der Waals surface area (Å²) in [5, 5.41) is 23.1. The lowest BCUT2D eigenvalue weighted by molar-refractivity contribution is -0.384. The number of aliphatic hydroxyl groups is 1. The Morgan fingerprint density at radius 2 is 1.75 bits per heavy atom. The van der Waals surface area contributed by atoms with E-state index in [0.717, 1.165) is 15.8 Å². The molecule has 1 aliphatic heterocycles. The minimum absolute atomic E-state index is 0.136. The maximum Gasteiger partial charge on any atom is 0.301 e. The number of hydrogen-bond donors (Lipinski definition) is 1. The molecule has 1 aromatic heterocycles. The van der Waals surface area contributed by atoms with Gasteiger partial charge in [0.15, 0.2) is 5.13 Å². The second-order valence-electron chi connectivity index (χ2n) is 8.45. The molecule has 1 N–H and O–H groups in total. The van der Waals surface area contributed by atoms with E-state index in [2.05, 4.69) is 4.98 Å². The number of halogens is 1. The molecule has 4 aromatic rings. The number of hydrogen-bond acceptors (Lipinski definition) is 7. The van der Waals surface area contributed by atoms with Crippen LogP contribution >= 0.6 is 22.9 Å². The maximum atomic E-state index is 13.4. The van der Waals surface area contributed by atoms with Gasteiger partial charge in [-0.3, -0.25) is 24.6 Å². The molecule has 0 radical (unpaired) electrons. The van der Waals surface area contributed by atoms with Crippen LogP contribution in [0.25, 0.3) is 16.0 Å². The molecule has 1 atom stereocenters. The highest BCUT2D eigenvalue weighted by Gasteiger charge is 2.48. The molecule has 3 aromatic carbocycles. The van der Waals surface area contributed by atoms with Crippen LogP contribution in [0.4, 0.5) is 10.8 Å². The number of Topliss-reactive ketones (excluding diaryl/α,β-unsaturated/α-hetero) is 1. The third-order valence-electron chi connectivity index (χ3n) is 6.01. The van der Waals surface area contributed by atoms with Gasteiger partial charge in [0.1, 0.15) is 5.76 Å². The molecular formula is C26H18ClN3O5S. The van der Waals surface area contributed by atoms with E-state index >= 15 is 0 Å². The largest absolute Gasteiger partial charge is 0.507 e. The van der Waals surface area contributed by atoms with Crippen LogP contribution in [0.1, 0.15) is 28.3 Å². The van der Waals surface area contributed by atoms with Crippen molar-refractivity contribution in [1.82, 2.24) is 4.98 Å². The highest BCUT2D eigenvalue weighted by atomic mass is 35.5. The topological polar surface area (TPSA) is 114 Å². The first-order chi connectivity index (χ1) is 17.2. The molecule has 8 nitrogen and oxygen atoms in total. The third kappa shape index (κ3) is 3.92. The van der Waals surface area contributed by atoms with Gasteiger partial charge in [-0.2, -0.15) is 0 Å². The number of nitrogens with zero attached hydrogens (tertiary/aromatic N) is 3. The van der Waals surface area contributed by atoms with Gasteiger partial charge < -0.3 is 5.11 Å². The van der Waals surface area contributed by atoms with Gasteiger partial charge in [0.05, 0.1) is 26.8 Å². The molecule has 1 unspecified atom stereocenters. The van der Waals surface area contributed by atoms with E-state index in [0.29, 0.717) is 26.8 Å². The molecule has 180 valence electrons. The summed E-state index contributed by atoms with van der Waals surface area (Å²) in [5.41, 5.74) is 3.12. The van der Waals surface area contributed by atoms with Crippen LogP contribution in [0.5, 0.6) is 0 Å². The molecule has 0 saturated carbocycles. The predicted octanol–water partition coefficient (Wildman–Crippen LogP) is 6.10. The molecule has 0 bridgehead atoms. The number of non-ortho nitro benzene ring substituents is 1. The molecule has 1 amide bonds. The van der Waals surface area contributed by atoms with Gasteiger partial charge >= 0.3 is 5.91 Å². The number of aryl methyl sites for hydroxylation is 2. The van der Waals surface area contributed by atoms with E-state index in [1.807, 2.05) is 26.0 Å². The summed E-state index contributed by atoms with van der Waals surface area (Å²) in [7, 11) is 0. The van der Waals surface area contributed by atoms with Crippen LogP contribution in [0, 0.1) is 24.0 Å². The van der Waals surface area contributed by atoms with Crippen LogP contribution in [-0.4, -0.2) is 26.7 Å². The molecule has 10 heteroatoms. The van der Waals surface area contributed by atoms with Gasteiger partial charge in [0, 0.05) is 22.7 Å². The normalized spacial score (nSPS) is 17.2. The molecular weight excluding hydrogens is 502 g/mol. The zero-order chi connectivity index (χ0) is 25.7. The van der Waals surface area contributed by atoms with Crippen molar-refractivity contribution in [2.75, 3.05) is 4.90 Å². The average Bonchev–Trinajstić information content (AvgIpc) is 3.38. The Bertz CT molecular complexity index is 1590. The van der Waals surface area contributed by atoms with Gasteiger partial charge in [0.25, 0.3) is 11.5 Å². The van der Waals surface area contributed by atoms with Crippen molar-refractivity contribution in [3.63, 3.8) is 0 Å². The fourth-order valence-corrected chi connectivity index (χ4v) is 5.64. The summed E-state index contributed by atoms with van der Waals surface area (Å²) in [4.78, 5) is 43.2.